The fraction of sp³-hybridized carbons (Fsp3) is 0.143. The summed E-state index contributed by atoms with van der Waals surface area (Å²) in [6.07, 6.45) is 3.75. The highest BCUT2D eigenvalue weighted by atomic mass is 79.9. The smallest absolute Gasteiger partial charge is 0.156 e. The van der Waals surface area contributed by atoms with Crippen LogP contribution in [0.25, 0.3) is 11.0 Å². The third kappa shape index (κ3) is 1.23. The molecule has 2 aromatic heterocycles. The van der Waals surface area contributed by atoms with Crippen LogP contribution in [0.3, 0.4) is 0 Å². The van der Waals surface area contributed by atoms with Gasteiger partial charge in [-0.25, -0.2) is 4.98 Å². The van der Waals surface area contributed by atoms with Crippen LogP contribution < -0.4 is 0 Å². The van der Waals surface area contributed by atoms with E-state index < -0.39 is 0 Å². The van der Waals surface area contributed by atoms with Gasteiger partial charge in [-0.15, -0.1) is 11.8 Å². The Hall–Kier alpha value is -0.550. The van der Waals surface area contributed by atoms with Crippen LogP contribution in [-0.4, -0.2) is 21.4 Å². The average Bonchev–Trinajstić information content (AvgIpc) is 2.46. The second-order valence-electron chi connectivity index (χ2n) is 2.28. The van der Waals surface area contributed by atoms with E-state index in [0.29, 0.717) is 0 Å². The molecule has 62 valence electrons. The van der Waals surface area contributed by atoms with Gasteiger partial charge in [-0.05, 0) is 28.3 Å². The first-order valence-electron chi connectivity index (χ1n) is 3.35. The third-order valence-corrected chi connectivity index (χ3v) is 2.67. The molecule has 0 atom stereocenters. The maximum atomic E-state index is 4.17. The number of pyridine rings is 1. The summed E-state index contributed by atoms with van der Waals surface area (Å²) < 4.78 is 0.978. The first kappa shape index (κ1) is 8.07. The van der Waals surface area contributed by atoms with Gasteiger partial charge >= 0.3 is 0 Å². The van der Waals surface area contributed by atoms with Crippen LogP contribution in [0.1, 0.15) is 0 Å². The summed E-state index contributed by atoms with van der Waals surface area (Å²) >= 11 is 4.98. The molecular weight excluding hydrogens is 238 g/mol. The molecule has 0 bridgehead atoms. The van der Waals surface area contributed by atoms with Crippen molar-refractivity contribution in [3.05, 3.63) is 16.7 Å². The Kier molecular flexibility index (Phi) is 2.06. The van der Waals surface area contributed by atoms with Crippen molar-refractivity contribution in [3.63, 3.8) is 0 Å². The summed E-state index contributed by atoms with van der Waals surface area (Å²) in [5, 5.41) is 9.02. The van der Waals surface area contributed by atoms with E-state index in [-0.39, 0.29) is 0 Å². The van der Waals surface area contributed by atoms with Gasteiger partial charge in [0.25, 0.3) is 0 Å². The number of nitrogens with zero attached hydrogens (tertiary/aromatic N) is 2. The number of aromatic nitrogens is 3. The van der Waals surface area contributed by atoms with Crippen LogP contribution in [0.2, 0.25) is 0 Å². The van der Waals surface area contributed by atoms with Crippen molar-refractivity contribution in [1.29, 1.82) is 0 Å². The number of fused-ring (bicyclic) bond motifs is 1. The van der Waals surface area contributed by atoms with Crippen molar-refractivity contribution < 1.29 is 0 Å². The molecular formula is C7H6BrN3S. The minimum Gasteiger partial charge on any atom is -0.260 e. The van der Waals surface area contributed by atoms with Gasteiger partial charge in [0.2, 0.25) is 0 Å². The summed E-state index contributed by atoms with van der Waals surface area (Å²) in [5.74, 6) is 0. The molecule has 0 aromatic carbocycles. The van der Waals surface area contributed by atoms with E-state index in [1.54, 1.807) is 18.0 Å². The Morgan fingerprint density at radius 2 is 2.42 bits per heavy atom. The Morgan fingerprint density at radius 1 is 1.58 bits per heavy atom. The first-order valence-corrected chi connectivity index (χ1v) is 5.36. The number of hydrogen-bond acceptors (Lipinski definition) is 3. The Bertz CT molecular complexity index is 412. The van der Waals surface area contributed by atoms with Crippen molar-refractivity contribution in [2.75, 3.05) is 6.26 Å². The van der Waals surface area contributed by atoms with Gasteiger partial charge in [-0.3, -0.25) is 5.10 Å². The van der Waals surface area contributed by atoms with Crippen LogP contribution in [-0.2, 0) is 0 Å². The molecule has 0 unspecified atom stereocenters. The molecule has 2 rings (SSSR count). The maximum Gasteiger partial charge on any atom is 0.156 e. The van der Waals surface area contributed by atoms with Gasteiger partial charge < -0.3 is 0 Å². The van der Waals surface area contributed by atoms with Crippen molar-refractivity contribution >= 4 is 38.7 Å². The molecule has 2 aromatic rings. The van der Waals surface area contributed by atoms with Crippen molar-refractivity contribution in [3.8, 4) is 0 Å². The maximum absolute atomic E-state index is 4.17. The highest BCUT2D eigenvalue weighted by Gasteiger charge is 2.04. The van der Waals surface area contributed by atoms with Crippen LogP contribution in [0.4, 0.5) is 0 Å². The lowest BCUT2D eigenvalue weighted by Gasteiger charge is -1.90. The molecule has 5 heteroatoms. The molecule has 0 amide bonds. The van der Waals surface area contributed by atoms with E-state index in [4.69, 9.17) is 0 Å². The predicted octanol–water partition coefficient (Wildman–Crippen LogP) is 2.44. The van der Waals surface area contributed by atoms with Crippen molar-refractivity contribution in [1.82, 2.24) is 15.2 Å². The van der Waals surface area contributed by atoms with E-state index in [2.05, 4.69) is 31.1 Å². The van der Waals surface area contributed by atoms with Gasteiger partial charge in [0.05, 0.1) is 5.39 Å². The van der Waals surface area contributed by atoms with E-state index in [1.807, 2.05) is 12.3 Å². The lowest BCUT2D eigenvalue weighted by Crippen LogP contribution is -1.75. The topological polar surface area (TPSA) is 41.6 Å². The lowest BCUT2D eigenvalue weighted by atomic mass is 10.4. The summed E-state index contributed by atoms with van der Waals surface area (Å²) in [6.45, 7) is 0. The Morgan fingerprint density at radius 3 is 3.17 bits per heavy atom. The van der Waals surface area contributed by atoms with Crippen molar-refractivity contribution in [2.45, 2.75) is 5.03 Å². The molecule has 12 heavy (non-hydrogen) atoms. The monoisotopic (exact) mass is 243 g/mol. The quantitative estimate of drug-likeness (QED) is 0.783. The summed E-state index contributed by atoms with van der Waals surface area (Å²) in [7, 11) is 0. The zero-order valence-corrected chi connectivity index (χ0v) is 8.74. The van der Waals surface area contributed by atoms with Gasteiger partial charge in [0.1, 0.15) is 5.03 Å². The standard InChI is InChI=1S/C7H6BrN3S/c1-12-7-5-2-4(8)3-9-6(5)10-11-7/h2-3H,1H3,(H,9,10,11). The molecule has 0 aliphatic rings. The van der Waals surface area contributed by atoms with Crippen LogP contribution in [0, 0.1) is 0 Å². The minimum absolute atomic E-state index is 0.836. The number of aromatic amines is 1. The average molecular weight is 244 g/mol. The van der Waals surface area contributed by atoms with E-state index in [0.717, 1.165) is 20.5 Å². The molecule has 2 heterocycles. The minimum atomic E-state index is 0.836. The van der Waals surface area contributed by atoms with Crippen molar-refractivity contribution in [2.24, 2.45) is 0 Å². The largest absolute Gasteiger partial charge is 0.260 e. The summed E-state index contributed by atoms with van der Waals surface area (Å²) in [5.41, 5.74) is 0.836. The van der Waals surface area contributed by atoms with E-state index in [1.165, 1.54) is 0 Å². The molecule has 0 saturated carbocycles. The number of hydrogen-bond donors (Lipinski definition) is 1. The third-order valence-electron chi connectivity index (χ3n) is 1.54. The first-order chi connectivity index (χ1) is 5.81. The normalized spacial score (nSPS) is 10.8. The lowest BCUT2D eigenvalue weighted by molar-refractivity contribution is 1.02. The molecule has 0 fully saturated rings. The number of nitrogens with one attached hydrogen (secondary N) is 1. The number of halogens is 1. The van der Waals surface area contributed by atoms with Crippen LogP contribution >= 0.6 is 27.7 Å². The SMILES string of the molecule is CSc1n[nH]c2ncc(Br)cc12. The second kappa shape index (κ2) is 3.06. The molecule has 0 saturated heterocycles. The Labute approximate surface area is 82.1 Å². The van der Waals surface area contributed by atoms with Gasteiger partial charge in [-0.2, -0.15) is 5.10 Å². The number of thioether (sulfide) groups is 1. The molecule has 3 nitrogen and oxygen atoms in total. The number of H-pyrrole nitrogens is 1. The van der Waals surface area contributed by atoms with Crippen LogP contribution in [0.5, 0.6) is 0 Å². The summed E-state index contributed by atoms with van der Waals surface area (Å²) in [4.78, 5) is 4.17. The fourth-order valence-corrected chi connectivity index (χ4v) is 1.85. The van der Waals surface area contributed by atoms with Gasteiger partial charge in [0, 0.05) is 10.7 Å². The molecule has 0 aliphatic heterocycles. The second-order valence-corrected chi connectivity index (χ2v) is 3.99. The number of rotatable bonds is 1. The Balaban J connectivity index is 2.75. The van der Waals surface area contributed by atoms with E-state index >= 15 is 0 Å². The van der Waals surface area contributed by atoms with E-state index in [9.17, 15) is 0 Å². The zero-order valence-electron chi connectivity index (χ0n) is 6.34. The molecule has 0 radical (unpaired) electrons. The fourth-order valence-electron chi connectivity index (χ4n) is 1.01. The highest BCUT2D eigenvalue weighted by Crippen LogP contribution is 2.24. The van der Waals surface area contributed by atoms with Gasteiger partial charge in [-0.1, -0.05) is 0 Å². The predicted molar refractivity (Wildman–Crippen MR) is 53.4 cm³/mol. The van der Waals surface area contributed by atoms with Gasteiger partial charge in [0.15, 0.2) is 5.65 Å². The summed E-state index contributed by atoms with van der Waals surface area (Å²) in [6, 6.07) is 2.01. The molecule has 0 spiro atoms. The highest BCUT2D eigenvalue weighted by molar-refractivity contribution is 9.10. The zero-order chi connectivity index (χ0) is 8.55. The van der Waals surface area contributed by atoms with Crippen LogP contribution in [0.15, 0.2) is 21.8 Å². The molecule has 1 N–H and O–H groups in total. The molecule has 0 aliphatic carbocycles.